The first kappa shape index (κ1) is 21.2. The molecule has 166 valence electrons. The van der Waals surface area contributed by atoms with Gasteiger partial charge in [0.15, 0.2) is 0 Å². The molecule has 0 radical (unpaired) electrons. The number of fused-ring (bicyclic) bond motifs is 2. The molecule has 5 rings (SSSR count). The Balaban J connectivity index is 1.37. The van der Waals surface area contributed by atoms with Crippen LogP contribution in [0.4, 0.5) is 4.79 Å². The Morgan fingerprint density at radius 3 is 2.69 bits per heavy atom. The van der Waals surface area contributed by atoms with Crippen LogP contribution < -0.4 is 0 Å². The normalized spacial score (nSPS) is 22.8. The van der Waals surface area contributed by atoms with E-state index >= 15 is 0 Å². The summed E-state index contributed by atoms with van der Waals surface area (Å²) in [6.07, 6.45) is 2.51. The summed E-state index contributed by atoms with van der Waals surface area (Å²) < 4.78 is 6.59. The van der Waals surface area contributed by atoms with Crippen LogP contribution >= 0.6 is 15.9 Å². The summed E-state index contributed by atoms with van der Waals surface area (Å²) in [6, 6.07) is 15.5. The summed E-state index contributed by atoms with van der Waals surface area (Å²) in [6.45, 7) is 2.21. The van der Waals surface area contributed by atoms with E-state index in [1.807, 2.05) is 48.5 Å². The lowest BCUT2D eigenvalue weighted by molar-refractivity contribution is -0.143. The second-order valence-electron chi connectivity index (χ2n) is 8.97. The number of ether oxygens (including phenoxy) is 1. The van der Waals surface area contributed by atoms with Crippen molar-refractivity contribution in [2.75, 3.05) is 6.54 Å². The average Bonchev–Trinajstić information content (AvgIpc) is 3.54. The van der Waals surface area contributed by atoms with Crippen molar-refractivity contribution in [3.63, 3.8) is 0 Å². The summed E-state index contributed by atoms with van der Waals surface area (Å²) in [5.74, 6) is -0.198. The Labute approximate surface area is 195 Å². The smallest absolute Gasteiger partial charge is 0.418 e. The Kier molecular flexibility index (Phi) is 5.32. The Bertz CT molecular complexity index is 1080. The highest BCUT2D eigenvalue weighted by Gasteiger charge is 2.58. The van der Waals surface area contributed by atoms with Gasteiger partial charge in [0.2, 0.25) is 11.5 Å². The van der Waals surface area contributed by atoms with Crippen molar-refractivity contribution in [2.45, 2.75) is 50.8 Å². The van der Waals surface area contributed by atoms with Crippen molar-refractivity contribution in [3.05, 3.63) is 69.7 Å². The second-order valence-corrected chi connectivity index (χ2v) is 9.89. The number of carbonyl (C=O) groups is 3. The number of hydrogen-bond acceptors (Lipinski definition) is 4. The van der Waals surface area contributed by atoms with Gasteiger partial charge in [0.1, 0.15) is 6.54 Å². The molecule has 3 aliphatic rings. The van der Waals surface area contributed by atoms with E-state index in [2.05, 4.69) is 22.9 Å². The summed E-state index contributed by atoms with van der Waals surface area (Å²) in [4.78, 5) is 42.4. The number of benzene rings is 2. The summed E-state index contributed by atoms with van der Waals surface area (Å²) in [7, 11) is 0. The van der Waals surface area contributed by atoms with Crippen LogP contribution in [-0.4, -0.2) is 40.3 Å². The molecule has 1 saturated heterocycles. The number of halogens is 1. The summed E-state index contributed by atoms with van der Waals surface area (Å²) in [5.41, 5.74) is 1.43. The molecule has 2 aromatic carbocycles. The zero-order chi connectivity index (χ0) is 22.5. The molecule has 3 amide bonds. The second kappa shape index (κ2) is 8.03. The lowest BCUT2D eigenvalue weighted by Crippen LogP contribution is -2.47. The van der Waals surface area contributed by atoms with E-state index in [-0.39, 0.29) is 18.5 Å². The minimum absolute atomic E-state index is 0.0509. The summed E-state index contributed by atoms with van der Waals surface area (Å²) in [5, 5.41) is 0. The van der Waals surface area contributed by atoms with Gasteiger partial charge >= 0.3 is 6.09 Å². The van der Waals surface area contributed by atoms with E-state index in [1.54, 1.807) is 4.90 Å². The van der Waals surface area contributed by atoms with Gasteiger partial charge in [0, 0.05) is 29.0 Å². The van der Waals surface area contributed by atoms with Gasteiger partial charge in [-0.25, -0.2) is 9.69 Å². The first-order chi connectivity index (χ1) is 15.4. The molecule has 2 unspecified atom stereocenters. The maximum absolute atomic E-state index is 13.4. The zero-order valence-corrected chi connectivity index (χ0v) is 19.5. The molecule has 0 bridgehead atoms. The van der Waals surface area contributed by atoms with Gasteiger partial charge in [-0.1, -0.05) is 52.3 Å². The third-order valence-corrected chi connectivity index (χ3v) is 7.42. The lowest BCUT2D eigenvalue weighted by Gasteiger charge is -2.30. The molecule has 1 spiro atoms. The fraction of sp³-hybridized carbons (Fsp3) is 0.400. The standard InChI is InChI=1S/C25H25BrN2O4/c1-16(18-7-8-18)27(14-17-5-3-2-4-6-17)22(29)15-28-23(30)25(32-24(28)31)12-11-19-13-20(26)9-10-21(19)25/h2-6,9-10,13,16,18H,7-8,11-12,14-15H2,1H3. The van der Waals surface area contributed by atoms with E-state index in [4.69, 9.17) is 4.74 Å². The van der Waals surface area contributed by atoms with Crippen LogP contribution in [0, 0.1) is 5.92 Å². The van der Waals surface area contributed by atoms with Crippen LogP contribution in [0.15, 0.2) is 53.0 Å². The van der Waals surface area contributed by atoms with Crippen LogP contribution in [0.3, 0.4) is 0 Å². The molecular formula is C25H25BrN2O4. The van der Waals surface area contributed by atoms with Gasteiger partial charge in [-0.05, 0) is 55.4 Å². The Hall–Kier alpha value is -2.67. The van der Waals surface area contributed by atoms with E-state index in [0.29, 0.717) is 25.3 Å². The van der Waals surface area contributed by atoms with E-state index in [9.17, 15) is 14.4 Å². The van der Waals surface area contributed by atoms with E-state index in [1.165, 1.54) is 0 Å². The summed E-state index contributed by atoms with van der Waals surface area (Å²) >= 11 is 3.45. The number of rotatable bonds is 6. The predicted octanol–water partition coefficient (Wildman–Crippen LogP) is 4.40. The fourth-order valence-corrected chi connectivity index (χ4v) is 5.33. The van der Waals surface area contributed by atoms with Crippen LogP contribution in [0.2, 0.25) is 0 Å². The van der Waals surface area contributed by atoms with Gasteiger partial charge in [0.25, 0.3) is 5.91 Å². The number of aryl methyl sites for hydroxylation is 1. The highest BCUT2D eigenvalue weighted by molar-refractivity contribution is 9.10. The fourth-order valence-electron chi connectivity index (χ4n) is 4.92. The number of hydrogen-bond donors (Lipinski definition) is 0. The van der Waals surface area contributed by atoms with Gasteiger partial charge in [0.05, 0.1) is 0 Å². The molecule has 2 aliphatic carbocycles. The molecule has 32 heavy (non-hydrogen) atoms. The molecule has 1 heterocycles. The topological polar surface area (TPSA) is 66.9 Å². The van der Waals surface area contributed by atoms with Gasteiger partial charge in [-0.3, -0.25) is 9.59 Å². The Morgan fingerprint density at radius 2 is 1.97 bits per heavy atom. The number of imide groups is 1. The first-order valence-electron chi connectivity index (χ1n) is 11.1. The van der Waals surface area contributed by atoms with Crippen LogP contribution in [0.5, 0.6) is 0 Å². The largest absolute Gasteiger partial charge is 0.427 e. The van der Waals surface area contributed by atoms with Crippen LogP contribution in [0.1, 0.15) is 42.9 Å². The van der Waals surface area contributed by atoms with E-state index in [0.717, 1.165) is 38.9 Å². The molecule has 2 atom stereocenters. The van der Waals surface area contributed by atoms with Crippen molar-refractivity contribution < 1.29 is 19.1 Å². The quantitative estimate of drug-likeness (QED) is 0.594. The average molecular weight is 497 g/mol. The third-order valence-electron chi connectivity index (χ3n) is 6.93. The Morgan fingerprint density at radius 1 is 1.22 bits per heavy atom. The minimum Gasteiger partial charge on any atom is -0.427 e. The van der Waals surface area contributed by atoms with Crippen molar-refractivity contribution in [2.24, 2.45) is 5.92 Å². The van der Waals surface area contributed by atoms with Crippen molar-refractivity contribution in [1.82, 2.24) is 9.80 Å². The third kappa shape index (κ3) is 3.62. The van der Waals surface area contributed by atoms with E-state index < -0.39 is 17.6 Å². The highest BCUT2D eigenvalue weighted by Crippen LogP contribution is 2.46. The number of nitrogens with zero attached hydrogens (tertiary/aromatic N) is 2. The van der Waals surface area contributed by atoms with Gasteiger partial charge in [-0.15, -0.1) is 0 Å². The molecule has 7 heteroatoms. The molecule has 1 aliphatic heterocycles. The number of carbonyl (C=O) groups excluding carboxylic acids is 3. The monoisotopic (exact) mass is 496 g/mol. The van der Waals surface area contributed by atoms with Crippen LogP contribution in [0.25, 0.3) is 0 Å². The van der Waals surface area contributed by atoms with Crippen molar-refractivity contribution in [1.29, 1.82) is 0 Å². The predicted molar refractivity (Wildman–Crippen MR) is 122 cm³/mol. The molecule has 0 N–H and O–H groups in total. The SMILES string of the molecule is CC(C1CC1)N(Cc1ccccc1)C(=O)CN1C(=O)OC2(CCc3cc(Br)ccc32)C1=O. The first-order valence-corrected chi connectivity index (χ1v) is 11.9. The maximum atomic E-state index is 13.4. The lowest BCUT2D eigenvalue weighted by atomic mass is 9.95. The molecular weight excluding hydrogens is 472 g/mol. The van der Waals surface area contributed by atoms with Crippen molar-refractivity contribution >= 4 is 33.8 Å². The van der Waals surface area contributed by atoms with Gasteiger partial charge < -0.3 is 9.64 Å². The number of amides is 3. The molecule has 6 nitrogen and oxygen atoms in total. The molecule has 1 saturated carbocycles. The molecule has 2 fully saturated rings. The van der Waals surface area contributed by atoms with Gasteiger partial charge in [-0.2, -0.15) is 0 Å². The minimum atomic E-state index is -1.31. The molecule has 0 aromatic heterocycles. The zero-order valence-electron chi connectivity index (χ0n) is 17.9. The van der Waals surface area contributed by atoms with Crippen molar-refractivity contribution in [3.8, 4) is 0 Å². The maximum Gasteiger partial charge on any atom is 0.418 e. The van der Waals surface area contributed by atoms with Crippen LogP contribution in [-0.2, 0) is 32.9 Å². The highest BCUT2D eigenvalue weighted by atomic mass is 79.9. The molecule has 2 aromatic rings.